The highest BCUT2D eigenvalue weighted by Gasteiger charge is 2.11. The molecule has 0 aliphatic heterocycles. The molecule has 2 rings (SSSR count). The summed E-state index contributed by atoms with van der Waals surface area (Å²) in [5.74, 6) is -0.0841. The fraction of sp³-hybridized carbons (Fsp3) is 0.455. The van der Waals surface area contributed by atoms with Gasteiger partial charge in [-0.3, -0.25) is 14.2 Å². The van der Waals surface area contributed by atoms with Crippen molar-refractivity contribution in [3.63, 3.8) is 0 Å². The van der Waals surface area contributed by atoms with E-state index in [1.54, 1.807) is 21.9 Å². The van der Waals surface area contributed by atoms with Crippen molar-refractivity contribution in [3.8, 4) is 0 Å². The van der Waals surface area contributed by atoms with Gasteiger partial charge in [-0.05, 0) is 13.3 Å². The third kappa shape index (κ3) is 2.73. The SMILES string of the molecule is Cc1c(C(=O)NCCCn2cncn2)cnn1C. The van der Waals surface area contributed by atoms with Gasteiger partial charge < -0.3 is 5.32 Å². The van der Waals surface area contributed by atoms with Crippen LogP contribution >= 0.6 is 0 Å². The highest BCUT2D eigenvalue weighted by molar-refractivity contribution is 5.94. The van der Waals surface area contributed by atoms with Crippen LogP contribution in [0.1, 0.15) is 22.5 Å². The first-order valence-corrected chi connectivity index (χ1v) is 5.77. The number of nitrogens with zero attached hydrogens (tertiary/aromatic N) is 5. The maximum Gasteiger partial charge on any atom is 0.254 e. The van der Waals surface area contributed by atoms with Crippen LogP contribution in [0.5, 0.6) is 0 Å². The van der Waals surface area contributed by atoms with E-state index in [9.17, 15) is 4.79 Å². The normalized spacial score (nSPS) is 10.6. The second kappa shape index (κ2) is 5.44. The fourth-order valence-corrected chi connectivity index (χ4v) is 1.61. The van der Waals surface area contributed by atoms with Gasteiger partial charge in [-0.1, -0.05) is 0 Å². The first kappa shape index (κ1) is 12.3. The predicted octanol–water partition coefficient (Wildman–Crippen LogP) is 0.140. The van der Waals surface area contributed by atoms with Gasteiger partial charge >= 0.3 is 0 Å². The molecule has 0 saturated carbocycles. The summed E-state index contributed by atoms with van der Waals surface area (Å²) in [7, 11) is 1.82. The van der Waals surface area contributed by atoms with Crippen LogP contribution in [0.4, 0.5) is 0 Å². The van der Waals surface area contributed by atoms with E-state index in [0.717, 1.165) is 18.7 Å². The minimum atomic E-state index is -0.0841. The van der Waals surface area contributed by atoms with Crippen molar-refractivity contribution in [1.82, 2.24) is 29.9 Å². The Morgan fingerprint density at radius 2 is 2.28 bits per heavy atom. The van der Waals surface area contributed by atoms with Crippen molar-refractivity contribution in [2.75, 3.05) is 6.54 Å². The third-order valence-electron chi connectivity index (χ3n) is 2.80. The number of aromatic nitrogens is 5. The Kier molecular flexibility index (Phi) is 3.71. The lowest BCUT2D eigenvalue weighted by molar-refractivity contribution is 0.0952. The summed E-state index contributed by atoms with van der Waals surface area (Å²) < 4.78 is 3.42. The topological polar surface area (TPSA) is 77.6 Å². The van der Waals surface area contributed by atoms with Gasteiger partial charge in [0.1, 0.15) is 12.7 Å². The van der Waals surface area contributed by atoms with E-state index < -0.39 is 0 Å². The Labute approximate surface area is 105 Å². The van der Waals surface area contributed by atoms with Gasteiger partial charge in [-0.15, -0.1) is 0 Å². The van der Waals surface area contributed by atoms with Crippen molar-refractivity contribution < 1.29 is 4.79 Å². The second-order valence-electron chi connectivity index (χ2n) is 4.04. The van der Waals surface area contributed by atoms with Crippen molar-refractivity contribution in [2.24, 2.45) is 7.05 Å². The quantitative estimate of drug-likeness (QED) is 0.763. The number of hydrogen-bond donors (Lipinski definition) is 1. The standard InChI is InChI=1S/C11H16N6O/c1-9-10(6-14-16(9)2)11(18)13-4-3-5-17-8-12-7-15-17/h6-8H,3-5H2,1-2H3,(H,13,18). The molecule has 0 fully saturated rings. The Balaban J connectivity index is 1.77. The smallest absolute Gasteiger partial charge is 0.254 e. The number of carbonyl (C=O) groups excluding carboxylic acids is 1. The number of amides is 1. The molecule has 1 N–H and O–H groups in total. The molecule has 7 nitrogen and oxygen atoms in total. The molecule has 0 aromatic carbocycles. The molecule has 0 unspecified atom stereocenters. The van der Waals surface area contributed by atoms with Crippen LogP contribution in [0.25, 0.3) is 0 Å². The number of nitrogens with one attached hydrogen (secondary N) is 1. The lowest BCUT2D eigenvalue weighted by atomic mass is 10.2. The summed E-state index contributed by atoms with van der Waals surface area (Å²) in [5.41, 5.74) is 1.49. The summed E-state index contributed by atoms with van der Waals surface area (Å²) in [6, 6.07) is 0. The van der Waals surface area contributed by atoms with Crippen molar-refractivity contribution in [1.29, 1.82) is 0 Å². The molecule has 0 saturated heterocycles. The van der Waals surface area contributed by atoms with Crippen LogP contribution in [0.15, 0.2) is 18.9 Å². The van der Waals surface area contributed by atoms with E-state index in [0.29, 0.717) is 12.1 Å². The number of hydrogen-bond acceptors (Lipinski definition) is 4. The molecule has 0 radical (unpaired) electrons. The zero-order valence-corrected chi connectivity index (χ0v) is 10.5. The minimum Gasteiger partial charge on any atom is -0.352 e. The molecule has 2 aromatic rings. The first-order valence-electron chi connectivity index (χ1n) is 5.77. The van der Waals surface area contributed by atoms with Crippen LogP contribution in [-0.4, -0.2) is 37.0 Å². The zero-order chi connectivity index (χ0) is 13.0. The summed E-state index contributed by atoms with van der Waals surface area (Å²) in [4.78, 5) is 15.7. The fourth-order valence-electron chi connectivity index (χ4n) is 1.61. The van der Waals surface area contributed by atoms with Crippen molar-refractivity contribution in [3.05, 3.63) is 30.1 Å². The van der Waals surface area contributed by atoms with Crippen LogP contribution in [0.2, 0.25) is 0 Å². The monoisotopic (exact) mass is 248 g/mol. The average molecular weight is 248 g/mol. The lowest BCUT2D eigenvalue weighted by Gasteiger charge is -2.04. The van der Waals surface area contributed by atoms with Gasteiger partial charge in [0.2, 0.25) is 0 Å². The van der Waals surface area contributed by atoms with Crippen LogP contribution in [0, 0.1) is 6.92 Å². The molecule has 0 spiro atoms. The molecule has 2 aromatic heterocycles. The molecule has 0 atom stereocenters. The van der Waals surface area contributed by atoms with E-state index in [-0.39, 0.29) is 5.91 Å². The minimum absolute atomic E-state index is 0.0841. The van der Waals surface area contributed by atoms with Crippen LogP contribution in [-0.2, 0) is 13.6 Å². The van der Waals surface area contributed by atoms with E-state index in [2.05, 4.69) is 20.5 Å². The molecular formula is C11H16N6O. The van der Waals surface area contributed by atoms with Gasteiger partial charge in [0.05, 0.1) is 11.8 Å². The maximum atomic E-state index is 11.8. The largest absolute Gasteiger partial charge is 0.352 e. The zero-order valence-electron chi connectivity index (χ0n) is 10.5. The molecule has 7 heteroatoms. The van der Waals surface area contributed by atoms with E-state index >= 15 is 0 Å². The van der Waals surface area contributed by atoms with Crippen molar-refractivity contribution in [2.45, 2.75) is 19.9 Å². The molecule has 96 valence electrons. The Morgan fingerprint density at radius 3 is 2.89 bits per heavy atom. The molecule has 18 heavy (non-hydrogen) atoms. The summed E-state index contributed by atoms with van der Waals surface area (Å²) in [6.07, 6.45) is 5.56. The highest BCUT2D eigenvalue weighted by Crippen LogP contribution is 2.04. The highest BCUT2D eigenvalue weighted by atomic mass is 16.1. The maximum absolute atomic E-state index is 11.8. The summed E-state index contributed by atoms with van der Waals surface area (Å²) in [5, 5.41) is 10.9. The lowest BCUT2D eigenvalue weighted by Crippen LogP contribution is -2.25. The van der Waals surface area contributed by atoms with E-state index in [4.69, 9.17) is 0 Å². The van der Waals surface area contributed by atoms with E-state index in [1.165, 1.54) is 6.33 Å². The summed E-state index contributed by atoms with van der Waals surface area (Å²) in [6.45, 7) is 3.22. The predicted molar refractivity (Wildman–Crippen MR) is 64.9 cm³/mol. The number of rotatable bonds is 5. The second-order valence-corrected chi connectivity index (χ2v) is 4.04. The van der Waals surface area contributed by atoms with Crippen molar-refractivity contribution >= 4 is 5.91 Å². The number of aryl methyl sites for hydroxylation is 2. The Morgan fingerprint density at radius 1 is 1.44 bits per heavy atom. The molecular weight excluding hydrogens is 232 g/mol. The molecule has 1 amide bonds. The molecule has 0 aliphatic carbocycles. The van der Waals surface area contributed by atoms with Gasteiger partial charge in [-0.25, -0.2) is 4.98 Å². The first-order chi connectivity index (χ1) is 8.68. The van der Waals surface area contributed by atoms with Crippen LogP contribution < -0.4 is 5.32 Å². The van der Waals surface area contributed by atoms with Gasteiger partial charge in [0.25, 0.3) is 5.91 Å². The Bertz CT molecular complexity index is 516. The third-order valence-corrected chi connectivity index (χ3v) is 2.80. The van der Waals surface area contributed by atoms with Gasteiger partial charge in [0.15, 0.2) is 0 Å². The molecule has 0 bridgehead atoms. The number of carbonyl (C=O) groups is 1. The molecule has 2 heterocycles. The van der Waals surface area contributed by atoms with Crippen LogP contribution in [0.3, 0.4) is 0 Å². The summed E-state index contributed by atoms with van der Waals surface area (Å²) >= 11 is 0. The van der Waals surface area contributed by atoms with Gasteiger partial charge in [-0.2, -0.15) is 10.2 Å². The molecule has 0 aliphatic rings. The van der Waals surface area contributed by atoms with Gasteiger partial charge in [0, 0.05) is 25.8 Å². The Hall–Kier alpha value is -2.18. The van der Waals surface area contributed by atoms with E-state index in [1.807, 2.05) is 14.0 Å². The average Bonchev–Trinajstić information content (AvgIpc) is 2.97.